The number of nitrogens with two attached hydrogens (primary N) is 1. The fraction of sp³-hybridized carbons (Fsp3) is 0.278. The smallest absolute Gasteiger partial charge is 0.338 e. The lowest BCUT2D eigenvalue weighted by Crippen LogP contribution is -2.35. The van der Waals surface area contributed by atoms with E-state index >= 15 is 0 Å². The van der Waals surface area contributed by atoms with Gasteiger partial charge >= 0.3 is 5.97 Å². The van der Waals surface area contributed by atoms with Crippen LogP contribution in [0.3, 0.4) is 0 Å². The van der Waals surface area contributed by atoms with E-state index in [9.17, 15) is 13.2 Å². The van der Waals surface area contributed by atoms with Crippen molar-refractivity contribution in [3.05, 3.63) is 65.7 Å². The van der Waals surface area contributed by atoms with E-state index in [-0.39, 0.29) is 31.1 Å². The van der Waals surface area contributed by atoms with E-state index in [0.717, 1.165) is 5.56 Å². The van der Waals surface area contributed by atoms with E-state index in [0.29, 0.717) is 5.56 Å². The van der Waals surface area contributed by atoms with Gasteiger partial charge in [-0.1, -0.05) is 30.3 Å². The molecule has 6 nitrogen and oxygen atoms in total. The normalized spacial score (nSPS) is 11.5. The summed E-state index contributed by atoms with van der Waals surface area (Å²) in [6.45, 7) is 2.63. The summed E-state index contributed by atoms with van der Waals surface area (Å²) in [7, 11) is -3.71. The van der Waals surface area contributed by atoms with Gasteiger partial charge in [-0.25, -0.2) is 13.2 Å². The molecule has 0 radical (unpaired) electrons. The molecule has 0 fully saturated rings. The maximum absolute atomic E-state index is 12.9. The van der Waals surface area contributed by atoms with Crippen molar-refractivity contribution in [2.75, 3.05) is 19.7 Å². The van der Waals surface area contributed by atoms with Crippen LogP contribution in [0.4, 0.5) is 0 Å². The number of carbonyl (C=O) groups excluding carboxylic acids is 1. The molecule has 0 aliphatic carbocycles. The van der Waals surface area contributed by atoms with Crippen LogP contribution in [0.15, 0.2) is 59.5 Å². The zero-order valence-electron chi connectivity index (χ0n) is 14.1. The van der Waals surface area contributed by atoms with Crippen molar-refractivity contribution in [3.8, 4) is 0 Å². The summed E-state index contributed by atoms with van der Waals surface area (Å²) in [5.74, 6) is -0.477. The third-order valence-electron chi connectivity index (χ3n) is 3.58. The molecule has 0 spiro atoms. The molecule has 2 aromatic carbocycles. The first kappa shape index (κ1) is 19.1. The van der Waals surface area contributed by atoms with Gasteiger partial charge in [0.15, 0.2) is 0 Å². The summed E-state index contributed by atoms with van der Waals surface area (Å²) < 4.78 is 32.0. The number of carbonyl (C=O) groups is 1. The summed E-state index contributed by atoms with van der Waals surface area (Å²) in [6, 6.07) is 15.0. The Labute approximate surface area is 148 Å². The first-order valence-electron chi connectivity index (χ1n) is 8.00. The standard InChI is InChI=1S/C18H22N2O4S/c1-2-24-18(21)16-8-10-17(11-9-16)25(22,23)20(13-12-19)14-15-6-4-3-5-7-15/h3-11H,2,12-14,19H2,1H3. The van der Waals surface area contributed by atoms with Crippen LogP contribution in [0.5, 0.6) is 0 Å². The van der Waals surface area contributed by atoms with E-state index in [1.54, 1.807) is 6.92 Å². The van der Waals surface area contributed by atoms with E-state index in [1.165, 1.54) is 28.6 Å². The Balaban J connectivity index is 2.25. The molecule has 25 heavy (non-hydrogen) atoms. The molecule has 0 amide bonds. The SMILES string of the molecule is CCOC(=O)c1ccc(S(=O)(=O)N(CCN)Cc2ccccc2)cc1. The molecule has 0 atom stereocenters. The predicted octanol–water partition coefficient (Wildman–Crippen LogP) is 2.01. The largest absolute Gasteiger partial charge is 0.462 e. The molecule has 7 heteroatoms. The van der Waals surface area contributed by atoms with Gasteiger partial charge in [-0.15, -0.1) is 0 Å². The predicted molar refractivity (Wildman–Crippen MR) is 95.5 cm³/mol. The average Bonchev–Trinajstić information content (AvgIpc) is 2.62. The van der Waals surface area contributed by atoms with E-state index in [2.05, 4.69) is 0 Å². The number of rotatable bonds is 8. The van der Waals surface area contributed by atoms with Crippen LogP contribution in [0.25, 0.3) is 0 Å². The Morgan fingerprint density at radius 1 is 1.08 bits per heavy atom. The molecule has 0 bridgehead atoms. The van der Waals surface area contributed by atoms with Crippen molar-refractivity contribution < 1.29 is 17.9 Å². The van der Waals surface area contributed by atoms with Crippen molar-refractivity contribution >= 4 is 16.0 Å². The van der Waals surface area contributed by atoms with Crippen LogP contribution in [0.1, 0.15) is 22.8 Å². The summed E-state index contributed by atoms with van der Waals surface area (Å²) in [5, 5.41) is 0. The van der Waals surface area contributed by atoms with Gasteiger partial charge < -0.3 is 10.5 Å². The Kier molecular flexibility index (Phi) is 6.69. The van der Waals surface area contributed by atoms with E-state index < -0.39 is 16.0 Å². The number of benzene rings is 2. The number of nitrogens with zero attached hydrogens (tertiary/aromatic N) is 1. The molecule has 0 unspecified atom stereocenters. The molecule has 0 saturated carbocycles. The van der Waals surface area contributed by atoms with Gasteiger partial charge in [0.1, 0.15) is 0 Å². The molecular weight excluding hydrogens is 340 g/mol. The zero-order valence-corrected chi connectivity index (χ0v) is 14.9. The summed E-state index contributed by atoms with van der Waals surface area (Å²) in [6.07, 6.45) is 0. The first-order chi connectivity index (χ1) is 12.0. The third kappa shape index (κ3) is 4.88. The molecule has 0 heterocycles. The van der Waals surface area contributed by atoms with Crippen molar-refractivity contribution in [3.63, 3.8) is 0 Å². The number of esters is 1. The van der Waals surface area contributed by atoms with Crippen molar-refractivity contribution in [2.24, 2.45) is 5.73 Å². The van der Waals surface area contributed by atoms with Gasteiger partial charge in [0.2, 0.25) is 10.0 Å². The van der Waals surface area contributed by atoms with Gasteiger partial charge in [0.25, 0.3) is 0 Å². The molecule has 2 rings (SSSR count). The van der Waals surface area contributed by atoms with Gasteiger partial charge in [-0.2, -0.15) is 4.31 Å². The second-order valence-electron chi connectivity index (χ2n) is 5.36. The summed E-state index contributed by atoms with van der Waals surface area (Å²) in [5.41, 5.74) is 6.78. The van der Waals surface area contributed by atoms with Crippen LogP contribution < -0.4 is 5.73 Å². The number of hydrogen-bond acceptors (Lipinski definition) is 5. The molecule has 134 valence electrons. The van der Waals surface area contributed by atoms with Gasteiger partial charge in [0.05, 0.1) is 17.1 Å². The number of sulfonamides is 1. The van der Waals surface area contributed by atoms with Crippen LogP contribution >= 0.6 is 0 Å². The summed E-state index contributed by atoms with van der Waals surface area (Å²) in [4.78, 5) is 11.8. The minimum Gasteiger partial charge on any atom is -0.462 e. The molecule has 0 aromatic heterocycles. The lowest BCUT2D eigenvalue weighted by atomic mass is 10.2. The number of hydrogen-bond donors (Lipinski definition) is 1. The van der Waals surface area contributed by atoms with Crippen molar-refractivity contribution in [2.45, 2.75) is 18.4 Å². The molecular formula is C18H22N2O4S. The fourth-order valence-electron chi connectivity index (χ4n) is 2.34. The fourth-order valence-corrected chi connectivity index (χ4v) is 3.78. The Bertz CT molecular complexity index is 790. The molecule has 2 aromatic rings. The maximum Gasteiger partial charge on any atom is 0.338 e. The van der Waals surface area contributed by atoms with Crippen molar-refractivity contribution in [1.82, 2.24) is 4.31 Å². The lowest BCUT2D eigenvalue weighted by Gasteiger charge is -2.21. The van der Waals surface area contributed by atoms with Gasteiger partial charge in [-0.3, -0.25) is 0 Å². The lowest BCUT2D eigenvalue weighted by molar-refractivity contribution is 0.0526. The van der Waals surface area contributed by atoms with Crippen molar-refractivity contribution in [1.29, 1.82) is 0 Å². The van der Waals surface area contributed by atoms with Crippen LogP contribution in [-0.2, 0) is 21.3 Å². The van der Waals surface area contributed by atoms with E-state index in [1.807, 2.05) is 30.3 Å². The van der Waals surface area contributed by atoms with E-state index in [4.69, 9.17) is 10.5 Å². The average molecular weight is 362 g/mol. The van der Waals surface area contributed by atoms with Gasteiger partial charge in [-0.05, 0) is 36.8 Å². The minimum atomic E-state index is -3.71. The summed E-state index contributed by atoms with van der Waals surface area (Å²) >= 11 is 0. The second-order valence-corrected chi connectivity index (χ2v) is 7.30. The highest BCUT2D eigenvalue weighted by atomic mass is 32.2. The molecule has 0 saturated heterocycles. The topological polar surface area (TPSA) is 89.7 Å². The third-order valence-corrected chi connectivity index (χ3v) is 5.44. The molecule has 2 N–H and O–H groups in total. The van der Waals surface area contributed by atoms with Crippen LogP contribution in [0.2, 0.25) is 0 Å². The zero-order chi connectivity index (χ0) is 18.3. The highest BCUT2D eigenvalue weighted by molar-refractivity contribution is 7.89. The van der Waals surface area contributed by atoms with Gasteiger partial charge in [0, 0.05) is 19.6 Å². The molecule has 0 aliphatic rings. The Morgan fingerprint density at radius 2 is 1.72 bits per heavy atom. The highest BCUT2D eigenvalue weighted by Crippen LogP contribution is 2.19. The number of ether oxygens (including phenoxy) is 1. The molecule has 0 aliphatic heterocycles. The maximum atomic E-state index is 12.9. The van der Waals surface area contributed by atoms with Crippen LogP contribution in [0, 0.1) is 0 Å². The minimum absolute atomic E-state index is 0.116. The van der Waals surface area contributed by atoms with Crippen LogP contribution in [-0.4, -0.2) is 38.4 Å². The second kappa shape index (κ2) is 8.75. The Morgan fingerprint density at radius 3 is 2.28 bits per heavy atom. The highest BCUT2D eigenvalue weighted by Gasteiger charge is 2.24. The monoisotopic (exact) mass is 362 g/mol. The quantitative estimate of drug-likeness (QED) is 0.726. The first-order valence-corrected chi connectivity index (χ1v) is 9.44. The Hall–Kier alpha value is -2.22.